The van der Waals surface area contributed by atoms with E-state index in [-0.39, 0.29) is 0 Å². The van der Waals surface area contributed by atoms with Crippen LogP contribution in [-0.2, 0) is 0 Å². The number of halogens is 1. The zero-order valence-electron chi connectivity index (χ0n) is 4.85. The summed E-state index contributed by atoms with van der Waals surface area (Å²) in [6.07, 6.45) is 1.77. The first kappa shape index (κ1) is 5.63. The third kappa shape index (κ3) is 0.842. The smallest absolute Gasteiger partial charge is 0.120 e. The molecule has 0 amide bonds. The molecular formula is C5H7ClN2. The molecule has 8 heavy (non-hydrogen) atoms. The molecule has 0 atom stereocenters. The van der Waals surface area contributed by atoms with Gasteiger partial charge in [-0.3, -0.25) is 0 Å². The van der Waals surface area contributed by atoms with Crippen molar-refractivity contribution < 1.29 is 0 Å². The first-order valence-corrected chi connectivity index (χ1v) is 2.72. The molecule has 1 heterocycles. The molecule has 1 rings (SSSR count). The van der Waals surface area contributed by atoms with Crippen LogP contribution < -0.4 is 0 Å². The van der Waals surface area contributed by atoms with E-state index in [0.29, 0.717) is 0 Å². The van der Waals surface area contributed by atoms with Crippen LogP contribution in [0.15, 0.2) is 6.20 Å². The summed E-state index contributed by atoms with van der Waals surface area (Å²) in [5, 5.41) is 0. The van der Waals surface area contributed by atoms with Gasteiger partial charge >= 0.3 is 0 Å². The van der Waals surface area contributed by atoms with Crippen molar-refractivity contribution in [1.82, 2.24) is 9.07 Å². The van der Waals surface area contributed by atoms with Crippen LogP contribution in [0.1, 0.15) is 11.5 Å². The summed E-state index contributed by atoms with van der Waals surface area (Å²) in [4.78, 5) is 4.04. The van der Waals surface area contributed by atoms with Gasteiger partial charge in [-0.1, -0.05) is 0 Å². The van der Waals surface area contributed by atoms with Crippen molar-refractivity contribution in [2.24, 2.45) is 0 Å². The molecule has 0 aliphatic heterocycles. The van der Waals surface area contributed by atoms with Crippen LogP contribution in [0.5, 0.6) is 0 Å². The monoisotopic (exact) mass is 130 g/mol. The number of hydrogen-bond acceptors (Lipinski definition) is 1. The van der Waals surface area contributed by atoms with Crippen LogP contribution in [-0.4, -0.2) is 9.07 Å². The predicted octanol–water partition coefficient (Wildman–Crippen LogP) is 1.50. The van der Waals surface area contributed by atoms with Crippen molar-refractivity contribution in [3.63, 3.8) is 0 Å². The average Bonchev–Trinajstić information content (AvgIpc) is 1.85. The Morgan fingerprint density at radius 3 is 2.38 bits per heavy atom. The Balaban J connectivity index is 3.14. The molecular weight excluding hydrogens is 124 g/mol. The minimum Gasteiger partial charge on any atom is -0.246 e. The van der Waals surface area contributed by atoms with Gasteiger partial charge in [-0.25, -0.2) is 9.07 Å². The number of imidazole rings is 1. The van der Waals surface area contributed by atoms with Crippen molar-refractivity contribution in [2.45, 2.75) is 13.8 Å². The Morgan fingerprint density at radius 1 is 1.62 bits per heavy atom. The van der Waals surface area contributed by atoms with E-state index < -0.39 is 0 Å². The molecule has 0 radical (unpaired) electrons. The molecule has 0 fully saturated rings. The summed E-state index contributed by atoms with van der Waals surface area (Å²) in [5.41, 5.74) is 0.956. The van der Waals surface area contributed by atoms with Gasteiger partial charge in [0.25, 0.3) is 0 Å². The largest absolute Gasteiger partial charge is 0.246 e. The van der Waals surface area contributed by atoms with E-state index in [2.05, 4.69) is 4.98 Å². The topological polar surface area (TPSA) is 17.8 Å². The highest BCUT2D eigenvalue weighted by atomic mass is 35.5. The first-order valence-electron chi connectivity index (χ1n) is 2.39. The number of rotatable bonds is 0. The molecule has 0 bridgehead atoms. The lowest BCUT2D eigenvalue weighted by Gasteiger charge is -1.83. The minimum absolute atomic E-state index is 0.837. The van der Waals surface area contributed by atoms with E-state index >= 15 is 0 Å². The third-order valence-corrected chi connectivity index (χ3v) is 1.29. The van der Waals surface area contributed by atoms with Gasteiger partial charge in [0.2, 0.25) is 0 Å². The van der Waals surface area contributed by atoms with E-state index in [4.69, 9.17) is 11.8 Å². The van der Waals surface area contributed by atoms with E-state index in [1.54, 1.807) is 6.20 Å². The van der Waals surface area contributed by atoms with Crippen molar-refractivity contribution in [1.29, 1.82) is 0 Å². The maximum absolute atomic E-state index is 5.58. The van der Waals surface area contributed by atoms with Crippen LogP contribution in [0.4, 0.5) is 0 Å². The Bertz CT molecular complexity index is 173. The molecule has 0 unspecified atom stereocenters. The molecule has 0 aliphatic rings. The number of aryl methyl sites for hydroxylation is 2. The fourth-order valence-electron chi connectivity index (χ4n) is 0.589. The number of nitrogens with zero attached hydrogens (tertiary/aromatic N) is 2. The molecule has 0 saturated heterocycles. The van der Waals surface area contributed by atoms with E-state index in [1.807, 2.05) is 13.8 Å². The van der Waals surface area contributed by atoms with Crippen LogP contribution in [0.3, 0.4) is 0 Å². The predicted molar refractivity (Wildman–Crippen MR) is 33.0 cm³/mol. The molecule has 2 nitrogen and oxygen atoms in total. The maximum atomic E-state index is 5.58. The molecule has 44 valence electrons. The average molecular weight is 131 g/mol. The standard InChI is InChI=1S/C5H7ClN2/c1-4-3-8(6)5(2)7-4/h3H,1-2H3. The normalized spacial score (nSPS) is 9.88. The lowest BCUT2D eigenvalue weighted by atomic mass is 10.6. The summed E-state index contributed by atoms with van der Waals surface area (Å²) in [6, 6.07) is 0. The molecule has 0 aromatic carbocycles. The van der Waals surface area contributed by atoms with Crippen molar-refractivity contribution in [3.8, 4) is 0 Å². The van der Waals surface area contributed by atoms with Crippen LogP contribution >= 0.6 is 11.8 Å². The van der Waals surface area contributed by atoms with Gasteiger partial charge in [-0.05, 0) is 13.8 Å². The Kier molecular flexibility index (Phi) is 1.26. The van der Waals surface area contributed by atoms with E-state index in [0.717, 1.165) is 11.5 Å². The highest BCUT2D eigenvalue weighted by molar-refractivity contribution is 6.15. The molecule has 3 heteroatoms. The van der Waals surface area contributed by atoms with Crippen molar-refractivity contribution in [3.05, 3.63) is 17.7 Å². The van der Waals surface area contributed by atoms with Gasteiger partial charge in [0.15, 0.2) is 0 Å². The van der Waals surface area contributed by atoms with Gasteiger partial charge in [0.1, 0.15) is 5.82 Å². The highest BCUT2D eigenvalue weighted by Crippen LogP contribution is 2.00. The molecule has 1 aromatic rings. The molecule has 0 spiro atoms. The molecule has 1 aromatic heterocycles. The second-order valence-corrected chi connectivity index (χ2v) is 2.10. The van der Waals surface area contributed by atoms with Crippen molar-refractivity contribution >= 4 is 11.8 Å². The first-order chi connectivity index (χ1) is 3.70. The highest BCUT2D eigenvalue weighted by Gasteiger charge is 1.93. The van der Waals surface area contributed by atoms with Gasteiger partial charge < -0.3 is 0 Å². The van der Waals surface area contributed by atoms with Gasteiger partial charge in [0, 0.05) is 18.0 Å². The second kappa shape index (κ2) is 1.78. The summed E-state index contributed by atoms with van der Waals surface area (Å²) in [5.74, 6) is 0.837. The van der Waals surface area contributed by atoms with Crippen molar-refractivity contribution in [2.75, 3.05) is 0 Å². The van der Waals surface area contributed by atoms with Gasteiger partial charge in [-0.15, -0.1) is 0 Å². The zero-order chi connectivity index (χ0) is 6.15. The van der Waals surface area contributed by atoms with Gasteiger partial charge in [0.05, 0.1) is 5.69 Å². The van der Waals surface area contributed by atoms with E-state index in [9.17, 15) is 0 Å². The fraction of sp³-hybridized carbons (Fsp3) is 0.400. The third-order valence-electron chi connectivity index (χ3n) is 0.947. The summed E-state index contributed by atoms with van der Waals surface area (Å²) >= 11 is 5.58. The minimum atomic E-state index is 0.837. The quantitative estimate of drug-likeness (QED) is 0.521. The molecule has 0 aliphatic carbocycles. The SMILES string of the molecule is Cc1cn(Cl)c(C)n1. The maximum Gasteiger partial charge on any atom is 0.120 e. The molecule has 0 saturated carbocycles. The van der Waals surface area contributed by atoms with Gasteiger partial charge in [-0.2, -0.15) is 0 Å². The number of hydrogen-bond donors (Lipinski definition) is 0. The van der Waals surface area contributed by atoms with Crippen LogP contribution in [0, 0.1) is 13.8 Å². The Labute approximate surface area is 53.2 Å². The van der Waals surface area contributed by atoms with E-state index in [1.165, 1.54) is 4.09 Å². The Hall–Kier alpha value is -0.500. The molecule has 0 N–H and O–H groups in total. The summed E-state index contributed by atoms with van der Waals surface area (Å²) in [6.45, 7) is 3.77. The number of aromatic nitrogens is 2. The Morgan fingerprint density at radius 2 is 2.25 bits per heavy atom. The second-order valence-electron chi connectivity index (χ2n) is 1.74. The lowest BCUT2D eigenvalue weighted by molar-refractivity contribution is 1.07. The zero-order valence-corrected chi connectivity index (χ0v) is 5.61. The van der Waals surface area contributed by atoms with Crippen LogP contribution in [0.25, 0.3) is 0 Å². The lowest BCUT2D eigenvalue weighted by Crippen LogP contribution is -1.79. The summed E-state index contributed by atoms with van der Waals surface area (Å²) < 4.78 is 1.48. The fourth-order valence-corrected chi connectivity index (χ4v) is 0.768. The summed E-state index contributed by atoms with van der Waals surface area (Å²) in [7, 11) is 0. The van der Waals surface area contributed by atoms with Crippen LogP contribution in [0.2, 0.25) is 0 Å².